The number of fused-ring (bicyclic) bond motifs is 1. The van der Waals surface area contributed by atoms with Gasteiger partial charge in [0.2, 0.25) is 0 Å². The first-order chi connectivity index (χ1) is 13.0. The molecule has 1 aliphatic heterocycles. The van der Waals surface area contributed by atoms with E-state index in [-0.39, 0.29) is 17.0 Å². The van der Waals surface area contributed by atoms with Crippen LogP contribution in [0.5, 0.6) is 0 Å². The predicted molar refractivity (Wildman–Crippen MR) is 118 cm³/mol. The Morgan fingerprint density at radius 2 is 2.00 bits per heavy atom. The van der Waals surface area contributed by atoms with Crippen molar-refractivity contribution in [2.75, 3.05) is 6.61 Å². The van der Waals surface area contributed by atoms with E-state index >= 15 is 0 Å². The van der Waals surface area contributed by atoms with Crippen LogP contribution >= 0.6 is 34.5 Å². The Hall–Kier alpha value is -1.40. The summed E-state index contributed by atoms with van der Waals surface area (Å²) in [6, 6.07) is 5.32. The minimum atomic E-state index is -0.324. The van der Waals surface area contributed by atoms with Crippen LogP contribution in [0.1, 0.15) is 61.0 Å². The molecule has 1 N–H and O–H groups in total. The highest BCUT2D eigenvalue weighted by molar-refractivity contribution is 7.16. The summed E-state index contributed by atoms with van der Waals surface area (Å²) < 4.78 is 5.35. The average molecular weight is 439 g/mol. The van der Waals surface area contributed by atoms with Crippen LogP contribution in [0, 0.1) is 0 Å². The number of halogens is 2. The lowest BCUT2D eigenvalue weighted by Gasteiger charge is -2.42. The summed E-state index contributed by atoms with van der Waals surface area (Å²) >= 11 is 13.6. The SMILES string of the molecule is CCOC(=O)c1c(N=Cc2ccc(Cl)c(Cl)c2)sc2c1CC(C)(C)NC2(C)C. The Kier molecular flexibility index (Phi) is 5.93. The third-order valence-corrected chi connectivity index (χ3v) is 6.78. The highest BCUT2D eigenvalue weighted by Crippen LogP contribution is 2.46. The van der Waals surface area contributed by atoms with Crippen LogP contribution in [0.2, 0.25) is 10.0 Å². The van der Waals surface area contributed by atoms with E-state index in [9.17, 15) is 4.79 Å². The first-order valence-electron chi connectivity index (χ1n) is 9.16. The topological polar surface area (TPSA) is 50.7 Å². The Labute approximate surface area is 179 Å². The molecule has 3 rings (SSSR count). The molecule has 0 unspecified atom stereocenters. The molecular formula is C21H24Cl2N2O2S. The number of nitrogens with one attached hydrogen (secondary N) is 1. The van der Waals surface area contributed by atoms with E-state index in [1.54, 1.807) is 18.3 Å². The maximum Gasteiger partial charge on any atom is 0.341 e. The van der Waals surface area contributed by atoms with Crippen LogP contribution in [-0.2, 0) is 16.7 Å². The van der Waals surface area contributed by atoms with Gasteiger partial charge in [-0.25, -0.2) is 9.79 Å². The van der Waals surface area contributed by atoms with Gasteiger partial charge in [0.1, 0.15) is 5.00 Å². The smallest absolute Gasteiger partial charge is 0.341 e. The molecular weight excluding hydrogens is 415 g/mol. The quantitative estimate of drug-likeness (QED) is 0.460. The lowest BCUT2D eigenvalue weighted by molar-refractivity contribution is 0.0525. The van der Waals surface area contributed by atoms with Crippen molar-refractivity contribution in [1.29, 1.82) is 0 Å². The monoisotopic (exact) mass is 438 g/mol. The zero-order chi connectivity index (χ0) is 20.7. The fraction of sp³-hybridized carbons (Fsp3) is 0.429. The summed E-state index contributed by atoms with van der Waals surface area (Å²) in [5.74, 6) is -0.324. The standard InChI is InChI=1S/C21H24Cl2N2O2S/c1-6-27-19(26)16-13-10-20(2,3)25-21(4,5)17(13)28-18(16)24-11-12-7-8-14(22)15(23)9-12/h7-9,11,25H,6,10H2,1-5H3. The fourth-order valence-corrected chi connectivity index (χ4v) is 5.26. The van der Waals surface area contributed by atoms with Crippen LogP contribution in [-0.4, -0.2) is 24.3 Å². The first kappa shape index (κ1) is 21.3. The number of esters is 1. The van der Waals surface area contributed by atoms with E-state index in [0.717, 1.165) is 22.4 Å². The predicted octanol–water partition coefficient (Wildman–Crippen LogP) is 6.14. The number of ether oxygens (including phenoxy) is 1. The molecule has 4 nitrogen and oxygen atoms in total. The lowest BCUT2D eigenvalue weighted by atomic mass is 9.81. The molecule has 1 aromatic carbocycles. The molecule has 0 amide bonds. The number of aliphatic imine (C=N–C) groups is 1. The minimum absolute atomic E-state index is 0.135. The summed E-state index contributed by atoms with van der Waals surface area (Å²) in [7, 11) is 0. The molecule has 7 heteroatoms. The molecule has 0 spiro atoms. The van der Waals surface area contributed by atoms with Gasteiger partial charge in [0.25, 0.3) is 0 Å². The number of hydrogen-bond donors (Lipinski definition) is 1. The summed E-state index contributed by atoms with van der Waals surface area (Å²) in [6.45, 7) is 10.7. The molecule has 28 heavy (non-hydrogen) atoms. The maximum absolute atomic E-state index is 12.8. The van der Waals surface area contributed by atoms with E-state index in [1.165, 1.54) is 11.3 Å². The van der Waals surface area contributed by atoms with Crippen molar-refractivity contribution in [3.63, 3.8) is 0 Å². The molecule has 0 saturated carbocycles. The number of thiophene rings is 1. The van der Waals surface area contributed by atoms with Crippen molar-refractivity contribution in [2.45, 2.75) is 52.1 Å². The van der Waals surface area contributed by atoms with Gasteiger partial charge in [0.05, 0.1) is 22.2 Å². The summed E-state index contributed by atoms with van der Waals surface area (Å²) in [5.41, 5.74) is 2.01. The summed E-state index contributed by atoms with van der Waals surface area (Å²) in [6.07, 6.45) is 2.44. The molecule has 0 atom stereocenters. The van der Waals surface area contributed by atoms with Gasteiger partial charge in [-0.1, -0.05) is 29.3 Å². The minimum Gasteiger partial charge on any atom is -0.462 e. The van der Waals surface area contributed by atoms with Gasteiger partial charge in [-0.05, 0) is 64.3 Å². The zero-order valence-corrected chi connectivity index (χ0v) is 19.0. The van der Waals surface area contributed by atoms with Crippen LogP contribution < -0.4 is 5.32 Å². The molecule has 0 saturated heterocycles. The fourth-order valence-electron chi connectivity index (χ4n) is 3.74. The van der Waals surface area contributed by atoms with Crippen molar-refractivity contribution in [3.05, 3.63) is 49.8 Å². The summed E-state index contributed by atoms with van der Waals surface area (Å²) in [5, 5.41) is 5.28. The second kappa shape index (κ2) is 7.79. The van der Waals surface area contributed by atoms with Crippen LogP contribution in [0.4, 0.5) is 5.00 Å². The van der Waals surface area contributed by atoms with E-state index in [2.05, 4.69) is 38.0 Å². The number of carbonyl (C=O) groups is 1. The molecule has 150 valence electrons. The average Bonchev–Trinajstić information content (AvgIpc) is 2.93. The van der Waals surface area contributed by atoms with Gasteiger partial charge < -0.3 is 10.1 Å². The Balaban J connectivity index is 2.10. The van der Waals surface area contributed by atoms with Crippen molar-refractivity contribution in [2.24, 2.45) is 4.99 Å². The molecule has 2 heterocycles. The third kappa shape index (κ3) is 4.28. The van der Waals surface area contributed by atoms with Gasteiger partial charge in [-0.3, -0.25) is 0 Å². The molecule has 0 fully saturated rings. The summed E-state index contributed by atoms with van der Waals surface area (Å²) in [4.78, 5) is 18.5. The number of nitrogens with zero attached hydrogens (tertiary/aromatic N) is 1. The van der Waals surface area contributed by atoms with Gasteiger partial charge in [0.15, 0.2) is 0 Å². The van der Waals surface area contributed by atoms with Crippen LogP contribution in [0.25, 0.3) is 0 Å². The molecule has 1 aromatic heterocycles. The number of benzene rings is 1. The number of hydrogen-bond acceptors (Lipinski definition) is 5. The molecule has 2 aromatic rings. The Morgan fingerprint density at radius 1 is 1.29 bits per heavy atom. The van der Waals surface area contributed by atoms with Crippen LogP contribution in [0.3, 0.4) is 0 Å². The van der Waals surface area contributed by atoms with E-state index < -0.39 is 0 Å². The Morgan fingerprint density at radius 3 is 2.64 bits per heavy atom. The maximum atomic E-state index is 12.8. The molecule has 0 radical (unpaired) electrons. The van der Waals surface area contributed by atoms with E-state index in [1.807, 2.05) is 13.0 Å². The van der Waals surface area contributed by atoms with Crippen molar-refractivity contribution < 1.29 is 9.53 Å². The second-order valence-corrected chi connectivity index (χ2v) is 9.87. The second-order valence-electron chi connectivity index (χ2n) is 8.05. The van der Waals surface area contributed by atoms with Crippen molar-refractivity contribution in [3.8, 4) is 0 Å². The highest BCUT2D eigenvalue weighted by Gasteiger charge is 2.41. The Bertz CT molecular complexity index is 948. The third-order valence-electron chi connectivity index (χ3n) is 4.58. The molecule has 0 bridgehead atoms. The van der Waals surface area contributed by atoms with Crippen molar-refractivity contribution in [1.82, 2.24) is 5.32 Å². The normalized spacial score (nSPS) is 17.5. The van der Waals surface area contributed by atoms with Gasteiger partial charge in [-0.2, -0.15) is 0 Å². The van der Waals surface area contributed by atoms with Crippen LogP contribution in [0.15, 0.2) is 23.2 Å². The van der Waals surface area contributed by atoms with E-state index in [4.69, 9.17) is 27.9 Å². The highest BCUT2D eigenvalue weighted by atomic mass is 35.5. The lowest BCUT2D eigenvalue weighted by Crippen LogP contribution is -2.55. The van der Waals surface area contributed by atoms with E-state index in [0.29, 0.717) is 27.2 Å². The van der Waals surface area contributed by atoms with Gasteiger partial charge in [-0.15, -0.1) is 11.3 Å². The van der Waals surface area contributed by atoms with Gasteiger partial charge in [0, 0.05) is 22.2 Å². The number of rotatable bonds is 4. The number of carbonyl (C=O) groups excluding carboxylic acids is 1. The van der Waals surface area contributed by atoms with Crippen molar-refractivity contribution >= 4 is 51.7 Å². The van der Waals surface area contributed by atoms with Gasteiger partial charge >= 0.3 is 5.97 Å². The molecule has 1 aliphatic rings. The largest absolute Gasteiger partial charge is 0.462 e. The molecule has 0 aliphatic carbocycles. The zero-order valence-electron chi connectivity index (χ0n) is 16.7. The first-order valence-corrected chi connectivity index (χ1v) is 10.7.